The summed E-state index contributed by atoms with van der Waals surface area (Å²) < 4.78 is 0. The number of hydrogen-bond acceptors (Lipinski definition) is 2. The number of benzene rings is 1. The fourth-order valence-corrected chi connectivity index (χ4v) is 3.16. The van der Waals surface area contributed by atoms with E-state index in [1.165, 1.54) is 43.4 Å². The van der Waals surface area contributed by atoms with Crippen LogP contribution in [0, 0.1) is 5.92 Å². The highest BCUT2D eigenvalue weighted by Crippen LogP contribution is 2.32. The predicted molar refractivity (Wildman–Crippen MR) is 78.8 cm³/mol. The number of anilines is 1. The van der Waals surface area contributed by atoms with Crippen molar-refractivity contribution in [3.8, 4) is 0 Å². The smallest absolute Gasteiger partial charge is 0.0411 e. The first-order valence-corrected chi connectivity index (χ1v) is 7.27. The van der Waals surface area contributed by atoms with Gasteiger partial charge in [-0.05, 0) is 43.2 Å². The van der Waals surface area contributed by atoms with Crippen LogP contribution in [0.2, 0.25) is 0 Å². The minimum Gasteiger partial charge on any atom is -0.371 e. The van der Waals surface area contributed by atoms with Gasteiger partial charge in [0.25, 0.3) is 0 Å². The van der Waals surface area contributed by atoms with Crippen molar-refractivity contribution in [2.24, 2.45) is 11.7 Å². The summed E-state index contributed by atoms with van der Waals surface area (Å²) in [6.45, 7) is 2.95. The van der Waals surface area contributed by atoms with Gasteiger partial charge in [-0.2, -0.15) is 0 Å². The Morgan fingerprint density at radius 3 is 2.44 bits per heavy atom. The maximum atomic E-state index is 5.83. The molecule has 1 aliphatic carbocycles. The van der Waals surface area contributed by atoms with Gasteiger partial charge in [0.2, 0.25) is 0 Å². The maximum Gasteiger partial charge on any atom is 0.0411 e. The van der Waals surface area contributed by atoms with Crippen molar-refractivity contribution in [1.29, 1.82) is 0 Å². The lowest BCUT2D eigenvalue weighted by atomic mass is 9.84. The molecule has 2 rings (SSSR count). The Morgan fingerprint density at radius 2 is 1.83 bits per heavy atom. The summed E-state index contributed by atoms with van der Waals surface area (Å²) >= 11 is 0. The Kier molecular flexibility index (Phi) is 4.65. The van der Waals surface area contributed by atoms with E-state index in [9.17, 15) is 0 Å². The van der Waals surface area contributed by atoms with E-state index >= 15 is 0 Å². The van der Waals surface area contributed by atoms with Gasteiger partial charge in [0.1, 0.15) is 0 Å². The average molecular weight is 246 g/mol. The van der Waals surface area contributed by atoms with Crippen LogP contribution in [-0.2, 0) is 6.54 Å². The second-order valence-corrected chi connectivity index (χ2v) is 5.53. The van der Waals surface area contributed by atoms with Crippen LogP contribution >= 0.6 is 0 Å². The molecule has 0 atom stereocenters. The summed E-state index contributed by atoms with van der Waals surface area (Å²) in [6.07, 6.45) is 6.77. The molecule has 0 aromatic heterocycles. The first kappa shape index (κ1) is 13.4. The number of nitrogens with two attached hydrogens (primary N) is 1. The van der Waals surface area contributed by atoms with Crippen molar-refractivity contribution in [3.05, 3.63) is 29.8 Å². The first-order valence-electron chi connectivity index (χ1n) is 7.27. The van der Waals surface area contributed by atoms with Crippen LogP contribution < -0.4 is 10.6 Å². The topological polar surface area (TPSA) is 29.3 Å². The van der Waals surface area contributed by atoms with Gasteiger partial charge in [0, 0.05) is 25.3 Å². The molecule has 0 saturated heterocycles. The van der Waals surface area contributed by atoms with Crippen molar-refractivity contribution in [1.82, 2.24) is 0 Å². The molecule has 1 aromatic carbocycles. The largest absolute Gasteiger partial charge is 0.371 e. The highest BCUT2D eigenvalue weighted by molar-refractivity contribution is 5.53. The summed E-state index contributed by atoms with van der Waals surface area (Å²) in [5.74, 6) is 0.958. The van der Waals surface area contributed by atoms with Crippen LogP contribution in [-0.4, -0.2) is 13.1 Å². The SMILES string of the molecule is CCC1CCC(N(C)c2ccccc2CN)CC1. The van der Waals surface area contributed by atoms with Crippen molar-refractivity contribution < 1.29 is 0 Å². The molecule has 0 radical (unpaired) electrons. The highest BCUT2D eigenvalue weighted by atomic mass is 15.1. The van der Waals surface area contributed by atoms with Crippen molar-refractivity contribution in [2.45, 2.75) is 51.6 Å². The Bertz CT molecular complexity index is 367. The van der Waals surface area contributed by atoms with Crippen LogP contribution in [0.5, 0.6) is 0 Å². The van der Waals surface area contributed by atoms with E-state index in [0.29, 0.717) is 12.6 Å². The van der Waals surface area contributed by atoms with E-state index in [0.717, 1.165) is 5.92 Å². The maximum absolute atomic E-state index is 5.83. The van der Waals surface area contributed by atoms with E-state index in [1.807, 2.05) is 0 Å². The summed E-state index contributed by atoms with van der Waals surface area (Å²) in [4.78, 5) is 2.45. The van der Waals surface area contributed by atoms with Crippen molar-refractivity contribution in [2.75, 3.05) is 11.9 Å². The molecule has 0 bridgehead atoms. The molecule has 0 unspecified atom stereocenters. The molecular weight excluding hydrogens is 220 g/mol. The fraction of sp³-hybridized carbons (Fsp3) is 0.625. The molecule has 2 heteroatoms. The van der Waals surface area contributed by atoms with Gasteiger partial charge in [-0.15, -0.1) is 0 Å². The Balaban J connectivity index is 2.05. The second kappa shape index (κ2) is 6.24. The Labute approximate surface area is 111 Å². The average Bonchev–Trinajstić information content (AvgIpc) is 2.46. The number of para-hydroxylation sites is 1. The predicted octanol–water partition coefficient (Wildman–Crippen LogP) is 3.55. The number of hydrogen-bond donors (Lipinski definition) is 1. The third-order valence-electron chi connectivity index (χ3n) is 4.53. The third-order valence-corrected chi connectivity index (χ3v) is 4.53. The zero-order valence-electron chi connectivity index (χ0n) is 11.7. The van der Waals surface area contributed by atoms with Crippen LogP contribution in [0.25, 0.3) is 0 Å². The van der Waals surface area contributed by atoms with E-state index < -0.39 is 0 Å². The Morgan fingerprint density at radius 1 is 1.17 bits per heavy atom. The molecule has 2 nitrogen and oxygen atoms in total. The Hall–Kier alpha value is -1.02. The standard InChI is InChI=1S/C16H26N2/c1-3-13-8-10-15(11-9-13)18(2)16-7-5-4-6-14(16)12-17/h4-7,13,15H,3,8-12,17H2,1-2H3. The van der Waals surface area contributed by atoms with Gasteiger partial charge in [0.05, 0.1) is 0 Å². The summed E-state index contributed by atoms with van der Waals surface area (Å²) in [5, 5.41) is 0. The minimum atomic E-state index is 0.630. The lowest BCUT2D eigenvalue weighted by Crippen LogP contribution is -2.35. The zero-order valence-corrected chi connectivity index (χ0v) is 11.7. The molecule has 1 aromatic rings. The van der Waals surface area contributed by atoms with Gasteiger partial charge < -0.3 is 10.6 Å². The molecule has 0 aliphatic heterocycles. The van der Waals surface area contributed by atoms with Gasteiger partial charge in [-0.3, -0.25) is 0 Å². The zero-order chi connectivity index (χ0) is 13.0. The summed E-state index contributed by atoms with van der Waals surface area (Å²) in [6, 6.07) is 9.23. The summed E-state index contributed by atoms with van der Waals surface area (Å²) in [7, 11) is 2.23. The quantitative estimate of drug-likeness (QED) is 0.880. The monoisotopic (exact) mass is 246 g/mol. The molecule has 18 heavy (non-hydrogen) atoms. The van der Waals surface area contributed by atoms with Crippen LogP contribution in [0.3, 0.4) is 0 Å². The van der Waals surface area contributed by atoms with Gasteiger partial charge >= 0.3 is 0 Å². The minimum absolute atomic E-state index is 0.630. The highest BCUT2D eigenvalue weighted by Gasteiger charge is 2.23. The lowest BCUT2D eigenvalue weighted by molar-refractivity contribution is 0.313. The van der Waals surface area contributed by atoms with E-state index in [4.69, 9.17) is 5.73 Å². The molecule has 100 valence electrons. The molecule has 1 fully saturated rings. The molecular formula is C16H26N2. The van der Waals surface area contributed by atoms with Crippen LogP contribution in [0.4, 0.5) is 5.69 Å². The molecule has 0 heterocycles. The first-order chi connectivity index (χ1) is 8.76. The molecule has 2 N–H and O–H groups in total. The molecule has 0 spiro atoms. The van der Waals surface area contributed by atoms with Crippen LogP contribution in [0.1, 0.15) is 44.6 Å². The number of nitrogens with zero attached hydrogens (tertiary/aromatic N) is 1. The number of rotatable bonds is 4. The second-order valence-electron chi connectivity index (χ2n) is 5.53. The van der Waals surface area contributed by atoms with Crippen LogP contribution in [0.15, 0.2) is 24.3 Å². The van der Waals surface area contributed by atoms with E-state index in [2.05, 4.69) is 43.1 Å². The van der Waals surface area contributed by atoms with E-state index in [1.54, 1.807) is 0 Å². The van der Waals surface area contributed by atoms with Gasteiger partial charge in [-0.1, -0.05) is 31.5 Å². The molecule has 0 amide bonds. The van der Waals surface area contributed by atoms with Crippen molar-refractivity contribution >= 4 is 5.69 Å². The fourth-order valence-electron chi connectivity index (χ4n) is 3.16. The normalized spacial score (nSPS) is 23.9. The van der Waals surface area contributed by atoms with Gasteiger partial charge in [0.15, 0.2) is 0 Å². The third kappa shape index (κ3) is 2.86. The van der Waals surface area contributed by atoms with Gasteiger partial charge in [-0.25, -0.2) is 0 Å². The lowest BCUT2D eigenvalue weighted by Gasteiger charge is -2.36. The summed E-state index contributed by atoms with van der Waals surface area (Å²) in [5.41, 5.74) is 8.42. The van der Waals surface area contributed by atoms with E-state index in [-0.39, 0.29) is 0 Å². The molecule has 1 aliphatic rings. The molecule has 1 saturated carbocycles. The van der Waals surface area contributed by atoms with Crippen molar-refractivity contribution in [3.63, 3.8) is 0 Å².